The summed E-state index contributed by atoms with van der Waals surface area (Å²) in [6, 6.07) is 7.93. The maximum atomic E-state index is 5.66. The number of ether oxygens (including phenoxy) is 1. The predicted molar refractivity (Wildman–Crippen MR) is 105 cm³/mol. The first-order valence-electron chi connectivity index (χ1n) is 8.45. The van der Waals surface area contributed by atoms with Crippen LogP contribution in [0.25, 0.3) is 11.0 Å². The van der Waals surface area contributed by atoms with Crippen molar-refractivity contribution < 1.29 is 4.74 Å². The summed E-state index contributed by atoms with van der Waals surface area (Å²) in [5, 5.41) is 3.38. The van der Waals surface area contributed by atoms with Crippen molar-refractivity contribution in [2.75, 3.05) is 11.9 Å². The SMILES string of the molecule is CCOc1ccncc1CC(=S)Nc1cccc2nc(C)n(CC)c12. The van der Waals surface area contributed by atoms with Crippen LogP contribution in [-0.2, 0) is 13.0 Å². The lowest BCUT2D eigenvalue weighted by Crippen LogP contribution is -2.14. The number of benzene rings is 1. The van der Waals surface area contributed by atoms with Crippen molar-refractivity contribution in [2.45, 2.75) is 33.7 Å². The third-order valence-electron chi connectivity index (χ3n) is 4.06. The summed E-state index contributed by atoms with van der Waals surface area (Å²) in [5.74, 6) is 1.83. The lowest BCUT2D eigenvalue weighted by Gasteiger charge is -2.13. The molecule has 0 saturated carbocycles. The minimum absolute atomic E-state index is 0.578. The van der Waals surface area contributed by atoms with Crippen LogP contribution in [0.3, 0.4) is 0 Å². The number of imidazole rings is 1. The van der Waals surface area contributed by atoms with Gasteiger partial charge >= 0.3 is 0 Å². The summed E-state index contributed by atoms with van der Waals surface area (Å²) in [5.41, 5.74) is 4.02. The Morgan fingerprint density at radius 3 is 2.88 bits per heavy atom. The number of nitrogens with one attached hydrogen (secondary N) is 1. The number of nitrogens with zero attached hydrogens (tertiary/aromatic N) is 3. The molecule has 2 aromatic heterocycles. The van der Waals surface area contributed by atoms with Crippen molar-refractivity contribution in [3.8, 4) is 5.75 Å². The van der Waals surface area contributed by atoms with Crippen molar-refractivity contribution in [3.05, 3.63) is 48.0 Å². The van der Waals surface area contributed by atoms with Crippen molar-refractivity contribution in [3.63, 3.8) is 0 Å². The molecule has 0 aliphatic carbocycles. The van der Waals surface area contributed by atoms with Crippen LogP contribution in [0.1, 0.15) is 25.2 Å². The Bertz CT molecular complexity index is 904. The highest BCUT2D eigenvalue weighted by Crippen LogP contribution is 2.25. The van der Waals surface area contributed by atoms with Crippen LogP contribution in [0.15, 0.2) is 36.7 Å². The second kappa shape index (κ2) is 7.61. The molecule has 0 unspecified atom stereocenters. The van der Waals surface area contributed by atoms with E-state index in [1.165, 1.54) is 0 Å². The first-order chi connectivity index (χ1) is 12.1. The molecular weight excluding hydrogens is 332 g/mol. The quantitative estimate of drug-likeness (QED) is 0.674. The van der Waals surface area contributed by atoms with Gasteiger partial charge in [0, 0.05) is 30.9 Å². The summed E-state index contributed by atoms with van der Waals surface area (Å²) >= 11 is 5.59. The molecule has 0 saturated heterocycles. The molecule has 0 aliphatic rings. The molecule has 0 aliphatic heterocycles. The molecule has 3 aromatic rings. The van der Waals surface area contributed by atoms with Gasteiger partial charge in [-0.1, -0.05) is 18.3 Å². The maximum Gasteiger partial charge on any atom is 0.125 e. The number of hydrogen-bond donors (Lipinski definition) is 1. The van der Waals surface area contributed by atoms with Crippen molar-refractivity contribution in [1.82, 2.24) is 14.5 Å². The fraction of sp³-hybridized carbons (Fsp3) is 0.316. The van der Waals surface area contributed by atoms with Crippen LogP contribution in [0.4, 0.5) is 5.69 Å². The largest absolute Gasteiger partial charge is 0.493 e. The van der Waals surface area contributed by atoms with Gasteiger partial charge in [-0.05, 0) is 39.0 Å². The number of pyridine rings is 1. The van der Waals surface area contributed by atoms with E-state index in [1.54, 1.807) is 12.4 Å². The van der Waals surface area contributed by atoms with Crippen molar-refractivity contribution >= 4 is 33.9 Å². The van der Waals surface area contributed by atoms with E-state index >= 15 is 0 Å². The van der Waals surface area contributed by atoms with E-state index in [1.807, 2.05) is 38.1 Å². The lowest BCUT2D eigenvalue weighted by molar-refractivity contribution is 0.337. The van der Waals surface area contributed by atoms with E-state index in [9.17, 15) is 0 Å². The Balaban J connectivity index is 1.86. The molecule has 0 atom stereocenters. The van der Waals surface area contributed by atoms with E-state index in [2.05, 4.69) is 26.8 Å². The minimum atomic E-state index is 0.578. The number of thiocarbonyl (C=S) groups is 1. The van der Waals surface area contributed by atoms with Gasteiger partial charge in [0.2, 0.25) is 0 Å². The molecule has 6 heteroatoms. The molecule has 0 fully saturated rings. The topological polar surface area (TPSA) is 52.0 Å². The molecule has 0 spiro atoms. The van der Waals surface area contributed by atoms with Gasteiger partial charge in [0.05, 0.1) is 28.3 Å². The molecule has 130 valence electrons. The van der Waals surface area contributed by atoms with Gasteiger partial charge in [0.1, 0.15) is 11.6 Å². The Morgan fingerprint density at radius 2 is 2.12 bits per heavy atom. The zero-order valence-electron chi connectivity index (χ0n) is 14.7. The molecule has 0 amide bonds. The number of para-hydroxylation sites is 1. The molecular formula is C19H22N4OS. The van der Waals surface area contributed by atoms with Gasteiger partial charge in [-0.15, -0.1) is 0 Å². The standard InChI is InChI=1S/C19H22N4OS/c1-4-23-13(3)21-15-7-6-8-16(19(15)23)22-18(25)11-14-12-20-10-9-17(14)24-5-2/h6-10,12H,4-5,11H2,1-3H3,(H,22,25). The Labute approximate surface area is 153 Å². The highest BCUT2D eigenvalue weighted by Gasteiger charge is 2.12. The van der Waals surface area contributed by atoms with Gasteiger partial charge in [-0.2, -0.15) is 0 Å². The van der Waals surface area contributed by atoms with E-state index in [-0.39, 0.29) is 0 Å². The van der Waals surface area contributed by atoms with Gasteiger partial charge in [-0.3, -0.25) is 4.98 Å². The van der Waals surface area contributed by atoms with Gasteiger partial charge < -0.3 is 14.6 Å². The highest BCUT2D eigenvalue weighted by molar-refractivity contribution is 7.80. The van der Waals surface area contributed by atoms with Crippen LogP contribution < -0.4 is 10.1 Å². The Kier molecular flexibility index (Phi) is 5.28. The highest BCUT2D eigenvalue weighted by atomic mass is 32.1. The monoisotopic (exact) mass is 354 g/mol. The zero-order valence-corrected chi connectivity index (χ0v) is 15.6. The minimum Gasteiger partial charge on any atom is -0.493 e. The molecule has 3 rings (SSSR count). The fourth-order valence-electron chi connectivity index (χ4n) is 3.00. The third-order valence-corrected chi connectivity index (χ3v) is 4.30. The van der Waals surface area contributed by atoms with E-state index in [4.69, 9.17) is 17.0 Å². The number of hydrogen-bond acceptors (Lipinski definition) is 4. The van der Waals surface area contributed by atoms with Crippen LogP contribution >= 0.6 is 12.2 Å². The smallest absolute Gasteiger partial charge is 0.125 e. The molecule has 1 aromatic carbocycles. The van der Waals surface area contributed by atoms with Crippen LogP contribution in [0.2, 0.25) is 0 Å². The zero-order chi connectivity index (χ0) is 17.8. The molecule has 5 nitrogen and oxygen atoms in total. The van der Waals surface area contributed by atoms with Gasteiger partial charge in [-0.25, -0.2) is 4.98 Å². The van der Waals surface area contributed by atoms with Crippen molar-refractivity contribution in [2.24, 2.45) is 0 Å². The van der Waals surface area contributed by atoms with Crippen LogP contribution in [-0.4, -0.2) is 26.1 Å². The lowest BCUT2D eigenvalue weighted by atomic mass is 10.2. The van der Waals surface area contributed by atoms with Gasteiger partial charge in [0.15, 0.2) is 0 Å². The van der Waals surface area contributed by atoms with Gasteiger partial charge in [0.25, 0.3) is 0 Å². The van der Waals surface area contributed by atoms with Crippen LogP contribution in [0, 0.1) is 6.92 Å². The van der Waals surface area contributed by atoms with Crippen LogP contribution in [0.5, 0.6) is 5.75 Å². The van der Waals surface area contributed by atoms with Crippen molar-refractivity contribution in [1.29, 1.82) is 0 Å². The fourth-order valence-corrected chi connectivity index (χ4v) is 3.27. The second-order valence-electron chi connectivity index (χ2n) is 5.72. The average Bonchev–Trinajstić information content (AvgIpc) is 2.93. The summed E-state index contributed by atoms with van der Waals surface area (Å²) in [4.78, 5) is 9.54. The third kappa shape index (κ3) is 3.64. The van der Waals surface area contributed by atoms with E-state index in [0.717, 1.165) is 45.4 Å². The summed E-state index contributed by atoms with van der Waals surface area (Å²) < 4.78 is 7.85. The molecule has 2 heterocycles. The summed E-state index contributed by atoms with van der Waals surface area (Å²) in [6.45, 7) is 7.59. The molecule has 0 bridgehead atoms. The number of rotatable bonds is 6. The number of aryl methyl sites for hydroxylation is 2. The first kappa shape index (κ1) is 17.4. The Morgan fingerprint density at radius 1 is 1.28 bits per heavy atom. The average molecular weight is 354 g/mol. The second-order valence-corrected chi connectivity index (χ2v) is 6.21. The summed E-state index contributed by atoms with van der Waals surface area (Å²) in [7, 11) is 0. The first-order valence-corrected chi connectivity index (χ1v) is 8.86. The molecule has 0 radical (unpaired) electrons. The number of anilines is 1. The Hall–Kier alpha value is -2.47. The molecule has 25 heavy (non-hydrogen) atoms. The summed E-state index contributed by atoms with van der Waals surface area (Å²) in [6.07, 6.45) is 4.11. The predicted octanol–water partition coefficient (Wildman–Crippen LogP) is 4.14. The maximum absolute atomic E-state index is 5.66. The van der Waals surface area contributed by atoms with E-state index < -0.39 is 0 Å². The van der Waals surface area contributed by atoms with E-state index in [0.29, 0.717) is 13.0 Å². The normalized spacial score (nSPS) is 10.8. The number of aromatic nitrogens is 3. The molecule has 1 N–H and O–H groups in total. The number of fused-ring (bicyclic) bond motifs is 1.